The van der Waals surface area contributed by atoms with Crippen LogP contribution in [-0.4, -0.2) is 30.7 Å². The first kappa shape index (κ1) is 14.6. The van der Waals surface area contributed by atoms with Gasteiger partial charge in [0.05, 0.1) is 19.3 Å². The summed E-state index contributed by atoms with van der Waals surface area (Å²) in [4.78, 5) is 23.9. The van der Waals surface area contributed by atoms with Gasteiger partial charge in [-0.2, -0.15) is 0 Å². The summed E-state index contributed by atoms with van der Waals surface area (Å²) in [5, 5.41) is 4.86. The molecule has 0 aliphatic rings. The second-order valence-corrected chi connectivity index (χ2v) is 5.44. The van der Waals surface area contributed by atoms with Crippen molar-refractivity contribution in [2.24, 2.45) is 5.14 Å². The van der Waals surface area contributed by atoms with Crippen LogP contribution in [0.4, 0.5) is 0 Å². The predicted octanol–water partition coefficient (Wildman–Crippen LogP) is -1.39. The van der Waals surface area contributed by atoms with E-state index < -0.39 is 26.2 Å². The zero-order valence-corrected chi connectivity index (χ0v) is 10.9. The van der Waals surface area contributed by atoms with Gasteiger partial charge in [0.2, 0.25) is 10.0 Å². The predicted molar refractivity (Wildman–Crippen MR) is 63.8 cm³/mol. The highest BCUT2D eigenvalue weighted by molar-refractivity contribution is 7.89. The number of primary sulfonamides is 1. The number of H-pyrrole nitrogens is 1. The number of hydrogen-bond donors (Lipinski definition) is 2. The molecule has 0 saturated heterocycles. The average molecular weight is 277 g/mol. The summed E-state index contributed by atoms with van der Waals surface area (Å²) in [5.74, 6) is 0. The smallest absolute Gasteiger partial charge is 0.328 e. The minimum absolute atomic E-state index is 0.0128. The highest BCUT2D eigenvalue weighted by Gasteiger charge is 2.15. The number of nitrogens with zero attached hydrogens (tertiary/aromatic N) is 1. The summed E-state index contributed by atoms with van der Waals surface area (Å²) in [6, 6.07) is 0. The van der Waals surface area contributed by atoms with Crippen molar-refractivity contribution in [1.82, 2.24) is 9.55 Å². The molecule has 0 aliphatic heterocycles. The second kappa shape index (κ2) is 5.46. The lowest BCUT2D eigenvalue weighted by Crippen LogP contribution is -2.35. The molecule has 0 unspecified atom stereocenters. The lowest BCUT2D eigenvalue weighted by atomic mass is 10.5. The topological polar surface area (TPSA) is 124 Å². The Morgan fingerprint density at radius 2 is 2.06 bits per heavy atom. The van der Waals surface area contributed by atoms with Crippen molar-refractivity contribution in [3.63, 3.8) is 0 Å². The van der Waals surface area contributed by atoms with Crippen LogP contribution in [0.25, 0.3) is 0 Å². The first-order valence-corrected chi connectivity index (χ1v) is 6.74. The Labute approximate surface area is 103 Å². The Morgan fingerprint density at radius 1 is 1.44 bits per heavy atom. The van der Waals surface area contributed by atoms with Gasteiger partial charge in [-0.3, -0.25) is 14.3 Å². The molecule has 3 N–H and O–H groups in total. The molecule has 0 aliphatic carbocycles. The van der Waals surface area contributed by atoms with Crippen LogP contribution in [0, 0.1) is 0 Å². The molecule has 0 fully saturated rings. The van der Waals surface area contributed by atoms with E-state index in [0.29, 0.717) is 0 Å². The van der Waals surface area contributed by atoms with Crippen LogP contribution in [0.1, 0.15) is 13.8 Å². The third kappa shape index (κ3) is 3.79. The fraction of sp³-hybridized carbons (Fsp3) is 0.556. The van der Waals surface area contributed by atoms with Crippen molar-refractivity contribution >= 4 is 10.0 Å². The van der Waals surface area contributed by atoms with Crippen LogP contribution in [0.2, 0.25) is 0 Å². The Morgan fingerprint density at radius 3 is 2.56 bits per heavy atom. The van der Waals surface area contributed by atoms with Gasteiger partial charge in [0.1, 0.15) is 0 Å². The summed E-state index contributed by atoms with van der Waals surface area (Å²) in [7, 11) is -4.16. The van der Waals surface area contributed by atoms with Crippen LogP contribution in [-0.2, 0) is 21.3 Å². The van der Waals surface area contributed by atoms with Crippen molar-refractivity contribution in [1.29, 1.82) is 0 Å². The lowest BCUT2D eigenvalue weighted by Gasteiger charge is -2.09. The summed E-state index contributed by atoms with van der Waals surface area (Å²) < 4.78 is 28.5. The van der Waals surface area contributed by atoms with Crippen molar-refractivity contribution in [2.45, 2.75) is 31.4 Å². The van der Waals surface area contributed by atoms with Crippen molar-refractivity contribution in [2.75, 3.05) is 6.61 Å². The first-order chi connectivity index (χ1) is 8.21. The van der Waals surface area contributed by atoms with Gasteiger partial charge < -0.3 is 4.74 Å². The molecule has 9 heteroatoms. The maximum absolute atomic E-state index is 11.4. The first-order valence-electron chi connectivity index (χ1n) is 5.20. The van der Waals surface area contributed by atoms with Crippen molar-refractivity contribution in [3.05, 3.63) is 27.0 Å². The zero-order chi connectivity index (χ0) is 13.9. The standard InChI is InChI=1S/C9H15N3O5S/c1-6(2)17-4-3-12-5-7(18(10,15)16)8(13)11-9(12)14/h5-6H,3-4H2,1-2H3,(H2,10,15,16)(H,11,13,14). The van der Waals surface area contributed by atoms with Gasteiger partial charge in [-0.05, 0) is 13.8 Å². The highest BCUT2D eigenvalue weighted by atomic mass is 32.2. The van der Waals surface area contributed by atoms with Gasteiger partial charge in [-0.15, -0.1) is 0 Å². The molecule has 102 valence electrons. The summed E-state index contributed by atoms with van der Waals surface area (Å²) >= 11 is 0. The van der Waals surface area contributed by atoms with Gasteiger partial charge in [0.15, 0.2) is 4.90 Å². The van der Waals surface area contributed by atoms with Crippen LogP contribution in [0.15, 0.2) is 20.7 Å². The number of sulfonamides is 1. The van der Waals surface area contributed by atoms with E-state index in [2.05, 4.69) is 0 Å². The lowest BCUT2D eigenvalue weighted by molar-refractivity contribution is 0.0719. The normalized spacial score (nSPS) is 12.0. The van der Waals surface area contributed by atoms with Crippen molar-refractivity contribution in [3.8, 4) is 0 Å². The minimum Gasteiger partial charge on any atom is -0.377 e. The fourth-order valence-electron chi connectivity index (χ4n) is 1.24. The van der Waals surface area contributed by atoms with Crippen LogP contribution >= 0.6 is 0 Å². The molecule has 0 saturated carbocycles. The molecule has 0 amide bonds. The Balaban J connectivity index is 3.07. The molecular weight excluding hydrogens is 262 g/mol. The molecule has 0 spiro atoms. The molecule has 0 radical (unpaired) electrons. The van der Waals surface area contributed by atoms with Crippen LogP contribution in [0.5, 0.6) is 0 Å². The largest absolute Gasteiger partial charge is 0.377 e. The van der Waals surface area contributed by atoms with E-state index in [1.165, 1.54) is 0 Å². The van der Waals surface area contributed by atoms with E-state index in [1.54, 1.807) is 0 Å². The van der Waals surface area contributed by atoms with E-state index in [-0.39, 0.29) is 19.3 Å². The molecule has 1 aromatic heterocycles. The van der Waals surface area contributed by atoms with E-state index in [1.807, 2.05) is 18.8 Å². The molecular formula is C9H15N3O5S. The summed E-state index contributed by atoms with van der Waals surface area (Å²) in [6.45, 7) is 3.99. The molecule has 0 aromatic carbocycles. The van der Waals surface area contributed by atoms with Crippen molar-refractivity contribution < 1.29 is 13.2 Å². The second-order valence-electron chi connectivity index (χ2n) is 3.91. The molecule has 1 rings (SSSR count). The highest BCUT2D eigenvalue weighted by Crippen LogP contribution is 1.96. The van der Waals surface area contributed by atoms with Crippen LogP contribution in [0.3, 0.4) is 0 Å². The number of nitrogens with one attached hydrogen (secondary N) is 1. The van der Waals surface area contributed by atoms with Gasteiger partial charge >= 0.3 is 5.69 Å². The van der Waals surface area contributed by atoms with E-state index in [0.717, 1.165) is 10.8 Å². The number of ether oxygens (including phenoxy) is 1. The monoisotopic (exact) mass is 277 g/mol. The molecule has 0 bridgehead atoms. The van der Waals surface area contributed by atoms with Gasteiger partial charge in [-0.1, -0.05) is 0 Å². The third-order valence-corrected chi connectivity index (χ3v) is 2.97. The molecule has 1 aromatic rings. The fourth-order valence-corrected chi connectivity index (χ4v) is 1.83. The van der Waals surface area contributed by atoms with Crippen LogP contribution < -0.4 is 16.4 Å². The summed E-state index contributed by atoms with van der Waals surface area (Å²) in [5.41, 5.74) is -1.73. The number of hydrogen-bond acceptors (Lipinski definition) is 5. The minimum atomic E-state index is -4.16. The number of rotatable bonds is 5. The molecule has 8 nitrogen and oxygen atoms in total. The SMILES string of the molecule is CC(C)OCCn1cc(S(N)(=O)=O)c(=O)[nH]c1=O. The quantitative estimate of drug-likeness (QED) is 0.685. The van der Waals surface area contributed by atoms with E-state index >= 15 is 0 Å². The van der Waals surface area contributed by atoms with E-state index in [9.17, 15) is 18.0 Å². The van der Waals surface area contributed by atoms with Gasteiger partial charge in [0.25, 0.3) is 5.56 Å². The Hall–Kier alpha value is -1.45. The molecule has 18 heavy (non-hydrogen) atoms. The van der Waals surface area contributed by atoms with Gasteiger partial charge in [0, 0.05) is 6.20 Å². The Bertz CT molecular complexity index is 628. The maximum atomic E-state index is 11.4. The van der Waals surface area contributed by atoms with Gasteiger partial charge in [-0.25, -0.2) is 18.4 Å². The summed E-state index contributed by atoms with van der Waals surface area (Å²) in [6.07, 6.45) is 0.904. The number of aromatic amines is 1. The zero-order valence-electron chi connectivity index (χ0n) is 10.0. The maximum Gasteiger partial charge on any atom is 0.328 e. The third-order valence-electron chi connectivity index (χ3n) is 2.07. The average Bonchev–Trinajstić information content (AvgIpc) is 2.18. The molecule has 0 atom stereocenters. The number of nitrogens with two attached hydrogens (primary N) is 1. The molecule has 1 heterocycles. The van der Waals surface area contributed by atoms with E-state index in [4.69, 9.17) is 9.88 Å². The number of aromatic nitrogens is 2. The Kier molecular flexibility index (Phi) is 4.43.